The zero-order valence-electron chi connectivity index (χ0n) is 18.3. The lowest BCUT2D eigenvalue weighted by molar-refractivity contribution is -0.137. The number of aldehydes is 1. The van der Waals surface area contributed by atoms with Crippen molar-refractivity contribution in [2.45, 2.75) is 30.6 Å². The highest BCUT2D eigenvalue weighted by Crippen LogP contribution is 2.38. The lowest BCUT2D eigenvalue weighted by atomic mass is 9.73. The number of likely N-dealkylation sites (tertiary alicyclic amines) is 1. The number of carbonyl (C=O) groups excluding carboxylic acids is 1. The molecule has 0 saturated carbocycles. The van der Waals surface area contributed by atoms with Gasteiger partial charge in [-0.2, -0.15) is 13.2 Å². The first-order chi connectivity index (χ1) is 15.9. The SMILES string of the molecule is O=CC(N1CCN(c2cnccn2)CC1)N1CCC(CO)(c2cccc(C(F)(F)F)c2)CC1. The van der Waals surface area contributed by atoms with Gasteiger partial charge in [0, 0.05) is 57.1 Å². The Hall–Kier alpha value is -2.56. The number of carbonyl (C=O) groups is 1. The van der Waals surface area contributed by atoms with Gasteiger partial charge in [-0.1, -0.05) is 18.2 Å². The van der Waals surface area contributed by atoms with Crippen LogP contribution in [0.15, 0.2) is 42.9 Å². The molecule has 3 heterocycles. The summed E-state index contributed by atoms with van der Waals surface area (Å²) in [6.45, 7) is 3.63. The number of aliphatic hydroxyl groups is 1. The Morgan fingerprint density at radius 3 is 2.33 bits per heavy atom. The van der Waals surface area contributed by atoms with Crippen molar-refractivity contribution in [1.82, 2.24) is 19.8 Å². The lowest BCUT2D eigenvalue weighted by Gasteiger charge is -2.47. The Bertz CT molecular complexity index is 927. The molecule has 0 radical (unpaired) electrons. The van der Waals surface area contributed by atoms with Gasteiger partial charge in [0.15, 0.2) is 6.29 Å². The Balaban J connectivity index is 1.40. The molecule has 7 nitrogen and oxygen atoms in total. The Labute approximate surface area is 190 Å². The molecule has 1 atom stereocenters. The number of piperazine rings is 1. The third-order valence-electron chi connectivity index (χ3n) is 6.92. The van der Waals surface area contributed by atoms with E-state index in [0.29, 0.717) is 44.6 Å². The maximum absolute atomic E-state index is 13.2. The number of aliphatic hydroxyl groups excluding tert-OH is 1. The maximum atomic E-state index is 13.2. The van der Waals surface area contributed by atoms with Crippen LogP contribution in [0.4, 0.5) is 19.0 Å². The van der Waals surface area contributed by atoms with Gasteiger partial charge in [-0.25, -0.2) is 4.98 Å². The smallest absolute Gasteiger partial charge is 0.395 e. The van der Waals surface area contributed by atoms with Gasteiger partial charge in [0.05, 0.1) is 18.4 Å². The van der Waals surface area contributed by atoms with Crippen LogP contribution in [-0.4, -0.2) is 83.2 Å². The fraction of sp³-hybridized carbons (Fsp3) is 0.522. The molecular formula is C23H28F3N5O2. The van der Waals surface area contributed by atoms with Crippen LogP contribution in [0.3, 0.4) is 0 Å². The van der Waals surface area contributed by atoms with Crippen LogP contribution in [0.5, 0.6) is 0 Å². The summed E-state index contributed by atoms with van der Waals surface area (Å²) >= 11 is 0. The number of hydrogen-bond donors (Lipinski definition) is 1. The molecule has 178 valence electrons. The Kier molecular flexibility index (Phi) is 6.96. The van der Waals surface area contributed by atoms with Gasteiger partial charge in [-0.3, -0.25) is 14.8 Å². The maximum Gasteiger partial charge on any atom is 0.416 e. The van der Waals surface area contributed by atoms with E-state index in [1.54, 1.807) is 24.7 Å². The van der Waals surface area contributed by atoms with E-state index in [0.717, 1.165) is 37.3 Å². The normalized spacial score (nSPS) is 21.0. The fourth-order valence-corrected chi connectivity index (χ4v) is 4.85. The fourth-order valence-electron chi connectivity index (χ4n) is 4.85. The minimum atomic E-state index is -4.43. The first-order valence-electron chi connectivity index (χ1n) is 11.1. The first kappa shape index (κ1) is 23.6. The highest BCUT2D eigenvalue weighted by atomic mass is 19.4. The van der Waals surface area contributed by atoms with Crippen molar-refractivity contribution in [2.24, 2.45) is 0 Å². The number of anilines is 1. The topological polar surface area (TPSA) is 72.8 Å². The van der Waals surface area contributed by atoms with E-state index in [4.69, 9.17) is 0 Å². The number of rotatable bonds is 6. The molecule has 2 aliphatic heterocycles. The van der Waals surface area contributed by atoms with Crippen molar-refractivity contribution >= 4 is 12.1 Å². The molecule has 0 aliphatic carbocycles. The zero-order chi connectivity index (χ0) is 23.5. The van der Waals surface area contributed by atoms with Crippen LogP contribution in [0.1, 0.15) is 24.0 Å². The molecule has 1 aromatic heterocycles. The quantitative estimate of drug-likeness (QED) is 0.659. The molecule has 2 fully saturated rings. The molecule has 10 heteroatoms. The lowest BCUT2D eigenvalue weighted by Crippen LogP contribution is -2.59. The number of piperidine rings is 1. The van der Waals surface area contributed by atoms with Crippen LogP contribution in [0, 0.1) is 0 Å². The second-order valence-electron chi connectivity index (χ2n) is 8.69. The van der Waals surface area contributed by atoms with Crippen LogP contribution >= 0.6 is 0 Å². The van der Waals surface area contributed by atoms with E-state index in [-0.39, 0.29) is 6.61 Å². The summed E-state index contributed by atoms with van der Waals surface area (Å²) in [6.07, 6.45) is 2.08. The van der Waals surface area contributed by atoms with Crippen LogP contribution in [-0.2, 0) is 16.4 Å². The summed E-state index contributed by atoms with van der Waals surface area (Å²) < 4.78 is 39.6. The van der Waals surface area contributed by atoms with Crippen molar-refractivity contribution in [1.29, 1.82) is 0 Å². The van der Waals surface area contributed by atoms with Gasteiger partial charge in [0.2, 0.25) is 0 Å². The molecule has 0 amide bonds. The highest BCUT2D eigenvalue weighted by molar-refractivity contribution is 5.57. The zero-order valence-corrected chi connectivity index (χ0v) is 18.3. The molecule has 1 unspecified atom stereocenters. The van der Waals surface area contributed by atoms with Crippen molar-refractivity contribution in [2.75, 3.05) is 50.8 Å². The van der Waals surface area contributed by atoms with Crippen LogP contribution < -0.4 is 4.90 Å². The van der Waals surface area contributed by atoms with E-state index >= 15 is 0 Å². The van der Waals surface area contributed by atoms with Gasteiger partial charge < -0.3 is 14.8 Å². The largest absolute Gasteiger partial charge is 0.416 e. The molecule has 2 aliphatic rings. The summed E-state index contributed by atoms with van der Waals surface area (Å²) in [4.78, 5) is 26.8. The average Bonchev–Trinajstić information content (AvgIpc) is 2.85. The molecule has 2 saturated heterocycles. The predicted molar refractivity (Wildman–Crippen MR) is 117 cm³/mol. The molecule has 4 rings (SSSR count). The molecule has 1 N–H and O–H groups in total. The first-order valence-corrected chi connectivity index (χ1v) is 11.1. The minimum absolute atomic E-state index is 0.231. The Morgan fingerprint density at radius 2 is 1.76 bits per heavy atom. The molecular weight excluding hydrogens is 435 g/mol. The van der Waals surface area contributed by atoms with Crippen LogP contribution in [0.25, 0.3) is 0 Å². The van der Waals surface area contributed by atoms with Gasteiger partial charge in [-0.05, 0) is 24.5 Å². The van der Waals surface area contributed by atoms with Gasteiger partial charge >= 0.3 is 6.18 Å². The molecule has 33 heavy (non-hydrogen) atoms. The predicted octanol–water partition coefficient (Wildman–Crippen LogP) is 2.17. The summed E-state index contributed by atoms with van der Waals surface area (Å²) in [5.41, 5.74) is -0.947. The van der Waals surface area contributed by atoms with Crippen molar-refractivity contribution in [3.8, 4) is 0 Å². The van der Waals surface area contributed by atoms with Crippen LogP contribution in [0.2, 0.25) is 0 Å². The number of alkyl halides is 3. The summed E-state index contributed by atoms with van der Waals surface area (Å²) in [6, 6.07) is 5.25. The molecule has 2 aromatic rings. The van der Waals surface area contributed by atoms with E-state index < -0.39 is 23.3 Å². The second kappa shape index (κ2) is 9.74. The van der Waals surface area contributed by atoms with Crippen molar-refractivity contribution < 1.29 is 23.1 Å². The van der Waals surface area contributed by atoms with E-state index in [2.05, 4.69) is 24.7 Å². The van der Waals surface area contributed by atoms with Crippen molar-refractivity contribution in [3.05, 3.63) is 54.0 Å². The molecule has 1 aromatic carbocycles. The number of nitrogens with zero attached hydrogens (tertiary/aromatic N) is 5. The third-order valence-corrected chi connectivity index (χ3v) is 6.92. The highest BCUT2D eigenvalue weighted by Gasteiger charge is 2.40. The number of halogens is 3. The number of hydrogen-bond acceptors (Lipinski definition) is 7. The standard InChI is InChI=1S/C23H28F3N5O2/c24-23(25,26)19-3-1-2-18(14-19)22(17-33)4-8-30(9-5-22)21(16-32)31-12-10-29(11-13-31)20-15-27-6-7-28-20/h1-3,6-7,14-16,21,33H,4-5,8-13,17H2. The average molecular weight is 464 g/mol. The van der Waals surface area contributed by atoms with Gasteiger partial charge in [-0.15, -0.1) is 0 Å². The Morgan fingerprint density at radius 1 is 1.06 bits per heavy atom. The minimum Gasteiger partial charge on any atom is -0.395 e. The number of aromatic nitrogens is 2. The number of benzene rings is 1. The second-order valence-corrected chi connectivity index (χ2v) is 8.69. The van der Waals surface area contributed by atoms with Crippen molar-refractivity contribution in [3.63, 3.8) is 0 Å². The summed E-state index contributed by atoms with van der Waals surface area (Å²) in [5, 5.41) is 10.2. The monoisotopic (exact) mass is 463 g/mol. The summed E-state index contributed by atoms with van der Waals surface area (Å²) in [5.74, 6) is 0.812. The molecule has 0 spiro atoms. The van der Waals surface area contributed by atoms with E-state index in [1.165, 1.54) is 6.07 Å². The van der Waals surface area contributed by atoms with Gasteiger partial charge in [0.25, 0.3) is 0 Å². The van der Waals surface area contributed by atoms with E-state index in [9.17, 15) is 23.1 Å². The molecule has 0 bridgehead atoms. The van der Waals surface area contributed by atoms with E-state index in [1.807, 2.05) is 0 Å². The van der Waals surface area contributed by atoms with Gasteiger partial charge in [0.1, 0.15) is 12.0 Å². The third kappa shape index (κ3) is 5.02. The summed E-state index contributed by atoms with van der Waals surface area (Å²) in [7, 11) is 0.